The number of rotatable bonds is 4. The summed E-state index contributed by atoms with van der Waals surface area (Å²) in [6.07, 6.45) is 8.47. The summed E-state index contributed by atoms with van der Waals surface area (Å²) in [6, 6.07) is 6.28. The smallest absolute Gasteiger partial charge is 0.0599 e. The summed E-state index contributed by atoms with van der Waals surface area (Å²) in [5, 5.41) is 0. The Morgan fingerprint density at radius 2 is 1.94 bits per heavy atom. The third-order valence-electron chi connectivity index (χ3n) is 4.19. The van der Waals surface area contributed by atoms with Crippen molar-refractivity contribution in [1.82, 2.24) is 0 Å². The largest absolute Gasteiger partial charge is 0.397 e. The zero-order chi connectivity index (χ0) is 13.0. The Morgan fingerprint density at radius 1 is 1.22 bits per heavy atom. The van der Waals surface area contributed by atoms with Crippen molar-refractivity contribution in [1.29, 1.82) is 0 Å². The second-order valence-corrected chi connectivity index (χ2v) is 5.78. The first-order chi connectivity index (χ1) is 8.66. The molecule has 1 aromatic rings. The summed E-state index contributed by atoms with van der Waals surface area (Å²) in [6.45, 7) is 3.25. The molecule has 18 heavy (non-hydrogen) atoms. The number of aryl methyl sites for hydroxylation is 1. The highest BCUT2D eigenvalue weighted by Gasteiger charge is 2.14. The van der Waals surface area contributed by atoms with E-state index in [0.29, 0.717) is 0 Å². The molecule has 0 unspecified atom stereocenters. The molecule has 2 nitrogen and oxygen atoms in total. The van der Waals surface area contributed by atoms with Crippen LogP contribution in [0.5, 0.6) is 0 Å². The van der Waals surface area contributed by atoms with Crippen molar-refractivity contribution in [3.8, 4) is 0 Å². The van der Waals surface area contributed by atoms with E-state index in [1.165, 1.54) is 49.8 Å². The van der Waals surface area contributed by atoms with Gasteiger partial charge in [-0.25, -0.2) is 0 Å². The number of nitrogens with zero attached hydrogens (tertiary/aromatic N) is 1. The minimum Gasteiger partial charge on any atom is -0.397 e. The summed E-state index contributed by atoms with van der Waals surface area (Å²) in [7, 11) is 2.16. The van der Waals surface area contributed by atoms with Crippen LogP contribution < -0.4 is 10.6 Å². The molecule has 0 amide bonds. The Bertz CT molecular complexity index is 381. The quantitative estimate of drug-likeness (QED) is 0.814. The Morgan fingerprint density at radius 3 is 2.67 bits per heavy atom. The van der Waals surface area contributed by atoms with E-state index < -0.39 is 0 Å². The van der Waals surface area contributed by atoms with Gasteiger partial charge in [-0.2, -0.15) is 0 Å². The highest BCUT2D eigenvalue weighted by Crippen LogP contribution is 2.28. The Labute approximate surface area is 111 Å². The van der Waals surface area contributed by atoms with Crippen molar-refractivity contribution in [2.75, 3.05) is 24.2 Å². The van der Waals surface area contributed by atoms with E-state index in [1.807, 2.05) is 6.07 Å². The highest BCUT2D eigenvalue weighted by molar-refractivity contribution is 5.68. The SMILES string of the molecule is Cc1ccc(N)c(N(C)CCC2CCCCC2)c1. The number of hydrogen-bond acceptors (Lipinski definition) is 2. The summed E-state index contributed by atoms with van der Waals surface area (Å²) >= 11 is 0. The van der Waals surface area contributed by atoms with Crippen molar-refractivity contribution < 1.29 is 0 Å². The van der Waals surface area contributed by atoms with Crippen molar-refractivity contribution in [2.24, 2.45) is 5.92 Å². The monoisotopic (exact) mass is 246 g/mol. The molecule has 0 bridgehead atoms. The minimum absolute atomic E-state index is 0.895. The fourth-order valence-corrected chi connectivity index (χ4v) is 2.96. The van der Waals surface area contributed by atoms with E-state index in [1.54, 1.807) is 0 Å². The molecule has 0 spiro atoms. The van der Waals surface area contributed by atoms with Crippen molar-refractivity contribution in [3.63, 3.8) is 0 Å². The van der Waals surface area contributed by atoms with E-state index >= 15 is 0 Å². The van der Waals surface area contributed by atoms with Crippen LogP contribution in [0.15, 0.2) is 18.2 Å². The third-order valence-corrected chi connectivity index (χ3v) is 4.19. The van der Waals surface area contributed by atoms with Gasteiger partial charge in [-0.05, 0) is 37.0 Å². The minimum atomic E-state index is 0.895. The first-order valence-corrected chi connectivity index (χ1v) is 7.24. The average molecular weight is 246 g/mol. The zero-order valence-electron chi connectivity index (χ0n) is 11.8. The molecule has 1 saturated carbocycles. The highest BCUT2D eigenvalue weighted by atomic mass is 15.1. The molecule has 2 N–H and O–H groups in total. The topological polar surface area (TPSA) is 29.3 Å². The zero-order valence-corrected chi connectivity index (χ0v) is 11.8. The number of anilines is 2. The van der Waals surface area contributed by atoms with Crippen LogP contribution in [-0.2, 0) is 0 Å². The lowest BCUT2D eigenvalue weighted by Gasteiger charge is -2.26. The van der Waals surface area contributed by atoms with Crippen LogP contribution in [0, 0.1) is 12.8 Å². The van der Waals surface area contributed by atoms with Gasteiger partial charge in [0.05, 0.1) is 11.4 Å². The van der Waals surface area contributed by atoms with E-state index in [2.05, 4.69) is 31.0 Å². The molecular weight excluding hydrogens is 220 g/mol. The van der Waals surface area contributed by atoms with Gasteiger partial charge in [0.1, 0.15) is 0 Å². The molecule has 1 aliphatic carbocycles. The number of nitrogen functional groups attached to an aromatic ring is 1. The molecule has 1 aliphatic rings. The lowest BCUT2D eigenvalue weighted by molar-refractivity contribution is 0.341. The molecule has 1 fully saturated rings. The first kappa shape index (κ1) is 13.3. The van der Waals surface area contributed by atoms with Gasteiger partial charge in [0, 0.05) is 13.6 Å². The molecular formula is C16H26N2. The van der Waals surface area contributed by atoms with Gasteiger partial charge in [0.25, 0.3) is 0 Å². The van der Waals surface area contributed by atoms with E-state index in [9.17, 15) is 0 Å². The maximum absolute atomic E-state index is 6.06. The van der Waals surface area contributed by atoms with Crippen LogP contribution in [-0.4, -0.2) is 13.6 Å². The average Bonchev–Trinajstić information content (AvgIpc) is 2.40. The van der Waals surface area contributed by atoms with Gasteiger partial charge >= 0.3 is 0 Å². The fraction of sp³-hybridized carbons (Fsp3) is 0.625. The molecule has 1 aromatic carbocycles. The van der Waals surface area contributed by atoms with E-state index in [-0.39, 0.29) is 0 Å². The third kappa shape index (κ3) is 3.41. The first-order valence-electron chi connectivity index (χ1n) is 7.24. The summed E-state index contributed by atoms with van der Waals surface area (Å²) in [5.74, 6) is 0.937. The van der Waals surface area contributed by atoms with Crippen LogP contribution in [0.25, 0.3) is 0 Å². The van der Waals surface area contributed by atoms with Crippen LogP contribution in [0.3, 0.4) is 0 Å². The Balaban J connectivity index is 1.90. The molecule has 0 aromatic heterocycles. The number of nitrogens with two attached hydrogens (primary N) is 1. The number of benzene rings is 1. The van der Waals surface area contributed by atoms with Gasteiger partial charge in [-0.1, -0.05) is 38.2 Å². The van der Waals surface area contributed by atoms with E-state index in [4.69, 9.17) is 5.73 Å². The maximum Gasteiger partial charge on any atom is 0.0599 e. The summed E-state index contributed by atoms with van der Waals surface area (Å²) in [4.78, 5) is 2.32. The second-order valence-electron chi connectivity index (χ2n) is 5.78. The normalized spacial score (nSPS) is 16.8. The molecule has 2 rings (SSSR count). The number of hydrogen-bond donors (Lipinski definition) is 1. The molecule has 0 heterocycles. The lowest BCUT2D eigenvalue weighted by Crippen LogP contribution is -2.22. The van der Waals surface area contributed by atoms with Crippen LogP contribution in [0.2, 0.25) is 0 Å². The Hall–Kier alpha value is -1.18. The van der Waals surface area contributed by atoms with Crippen LogP contribution in [0.1, 0.15) is 44.1 Å². The molecule has 0 radical (unpaired) electrons. The predicted octanol–water partition coefficient (Wildman–Crippen LogP) is 3.98. The van der Waals surface area contributed by atoms with Gasteiger partial charge in [-0.15, -0.1) is 0 Å². The van der Waals surface area contributed by atoms with Gasteiger partial charge < -0.3 is 10.6 Å². The fourth-order valence-electron chi connectivity index (χ4n) is 2.96. The molecule has 2 heteroatoms. The van der Waals surface area contributed by atoms with Gasteiger partial charge in [0.2, 0.25) is 0 Å². The second kappa shape index (κ2) is 6.12. The Kier molecular flexibility index (Phi) is 4.51. The predicted molar refractivity (Wildman–Crippen MR) is 80.1 cm³/mol. The maximum atomic E-state index is 6.06. The van der Waals surface area contributed by atoms with Crippen molar-refractivity contribution >= 4 is 11.4 Å². The van der Waals surface area contributed by atoms with Crippen LogP contribution >= 0.6 is 0 Å². The molecule has 100 valence electrons. The van der Waals surface area contributed by atoms with Gasteiger partial charge in [0.15, 0.2) is 0 Å². The molecule has 0 atom stereocenters. The standard InChI is InChI=1S/C16H26N2/c1-13-8-9-15(17)16(12-13)18(2)11-10-14-6-4-3-5-7-14/h8-9,12,14H,3-7,10-11,17H2,1-2H3. The van der Waals surface area contributed by atoms with Crippen molar-refractivity contribution in [3.05, 3.63) is 23.8 Å². The van der Waals surface area contributed by atoms with Crippen molar-refractivity contribution in [2.45, 2.75) is 45.4 Å². The van der Waals surface area contributed by atoms with Crippen LogP contribution in [0.4, 0.5) is 11.4 Å². The van der Waals surface area contributed by atoms with E-state index in [0.717, 1.165) is 18.2 Å². The molecule has 0 aliphatic heterocycles. The van der Waals surface area contributed by atoms with Gasteiger partial charge in [-0.3, -0.25) is 0 Å². The summed E-state index contributed by atoms with van der Waals surface area (Å²) < 4.78 is 0. The summed E-state index contributed by atoms with van der Waals surface area (Å²) in [5.41, 5.74) is 9.42. The molecule has 0 saturated heterocycles. The lowest BCUT2D eigenvalue weighted by atomic mass is 9.87.